The van der Waals surface area contributed by atoms with E-state index in [2.05, 4.69) is 6.58 Å². The summed E-state index contributed by atoms with van der Waals surface area (Å²) in [6.07, 6.45) is 7.36. The standard InChI is InChI=1S/C14H15ClO/c1-3-5-14(6-4-2)16-11-12-7-9-13(15)10-8-12/h3-10H,1,11H2,2H3/b6-4-,14-5+. The number of halogens is 1. The summed E-state index contributed by atoms with van der Waals surface area (Å²) < 4.78 is 5.61. The van der Waals surface area contributed by atoms with Crippen molar-refractivity contribution < 1.29 is 4.74 Å². The van der Waals surface area contributed by atoms with Crippen molar-refractivity contribution in [2.45, 2.75) is 13.5 Å². The van der Waals surface area contributed by atoms with Gasteiger partial charge in [0.15, 0.2) is 0 Å². The summed E-state index contributed by atoms with van der Waals surface area (Å²) in [5.41, 5.74) is 1.09. The lowest BCUT2D eigenvalue weighted by molar-refractivity contribution is 0.211. The van der Waals surface area contributed by atoms with Crippen molar-refractivity contribution in [3.63, 3.8) is 0 Å². The summed E-state index contributed by atoms with van der Waals surface area (Å²) in [5, 5.41) is 0.735. The van der Waals surface area contributed by atoms with Crippen LogP contribution in [-0.4, -0.2) is 0 Å². The lowest BCUT2D eigenvalue weighted by Gasteiger charge is -2.06. The Bertz CT molecular complexity index is 388. The van der Waals surface area contributed by atoms with Crippen molar-refractivity contribution >= 4 is 11.6 Å². The van der Waals surface area contributed by atoms with Gasteiger partial charge in [-0.25, -0.2) is 0 Å². The maximum Gasteiger partial charge on any atom is 0.119 e. The zero-order valence-corrected chi connectivity index (χ0v) is 10.1. The van der Waals surface area contributed by atoms with E-state index < -0.39 is 0 Å². The first-order valence-electron chi connectivity index (χ1n) is 5.09. The van der Waals surface area contributed by atoms with Crippen molar-refractivity contribution in [2.24, 2.45) is 0 Å². The Hall–Kier alpha value is -1.47. The molecular formula is C14H15ClO. The van der Waals surface area contributed by atoms with E-state index in [9.17, 15) is 0 Å². The first-order chi connectivity index (χ1) is 7.76. The Balaban J connectivity index is 2.58. The average molecular weight is 235 g/mol. The fourth-order valence-electron chi connectivity index (χ4n) is 1.18. The van der Waals surface area contributed by atoms with E-state index in [-0.39, 0.29) is 0 Å². The topological polar surface area (TPSA) is 9.23 Å². The second-order valence-electron chi connectivity index (χ2n) is 3.22. The first kappa shape index (κ1) is 12.6. The van der Waals surface area contributed by atoms with E-state index in [1.807, 2.05) is 49.4 Å². The zero-order valence-electron chi connectivity index (χ0n) is 9.32. The first-order valence-corrected chi connectivity index (χ1v) is 5.46. The van der Waals surface area contributed by atoms with Crippen LogP contribution in [-0.2, 0) is 11.3 Å². The van der Waals surface area contributed by atoms with E-state index in [1.54, 1.807) is 6.08 Å². The molecule has 0 atom stereocenters. The molecule has 0 N–H and O–H groups in total. The summed E-state index contributed by atoms with van der Waals surface area (Å²) >= 11 is 5.80. The van der Waals surface area contributed by atoms with Crippen molar-refractivity contribution in [2.75, 3.05) is 0 Å². The summed E-state index contributed by atoms with van der Waals surface area (Å²) in [5.74, 6) is 0.799. The van der Waals surface area contributed by atoms with Crippen LogP contribution in [0.3, 0.4) is 0 Å². The largest absolute Gasteiger partial charge is 0.489 e. The molecule has 0 spiro atoms. The van der Waals surface area contributed by atoms with Gasteiger partial charge < -0.3 is 4.74 Å². The van der Waals surface area contributed by atoms with Gasteiger partial charge in [0.05, 0.1) is 0 Å². The molecule has 16 heavy (non-hydrogen) atoms. The lowest BCUT2D eigenvalue weighted by atomic mass is 10.2. The lowest BCUT2D eigenvalue weighted by Crippen LogP contribution is -1.91. The van der Waals surface area contributed by atoms with Gasteiger partial charge in [-0.2, -0.15) is 0 Å². The molecule has 2 heteroatoms. The predicted molar refractivity (Wildman–Crippen MR) is 69.3 cm³/mol. The molecule has 1 rings (SSSR count). The van der Waals surface area contributed by atoms with Crippen LogP contribution in [0.2, 0.25) is 5.02 Å². The van der Waals surface area contributed by atoms with Crippen LogP contribution in [0.1, 0.15) is 12.5 Å². The molecule has 84 valence electrons. The highest BCUT2D eigenvalue weighted by Gasteiger charge is 1.95. The number of benzene rings is 1. The van der Waals surface area contributed by atoms with Crippen LogP contribution in [0.15, 0.2) is 60.9 Å². The Morgan fingerprint density at radius 3 is 2.62 bits per heavy atom. The number of ether oxygens (including phenoxy) is 1. The monoisotopic (exact) mass is 234 g/mol. The highest BCUT2D eigenvalue weighted by Crippen LogP contribution is 2.12. The molecule has 1 aromatic carbocycles. The van der Waals surface area contributed by atoms with E-state index in [1.165, 1.54) is 0 Å². The average Bonchev–Trinajstić information content (AvgIpc) is 2.29. The van der Waals surface area contributed by atoms with Crippen LogP contribution in [0.5, 0.6) is 0 Å². The molecule has 0 aliphatic carbocycles. The minimum absolute atomic E-state index is 0.529. The summed E-state index contributed by atoms with van der Waals surface area (Å²) in [7, 11) is 0. The fraction of sp³-hybridized carbons (Fsp3) is 0.143. The van der Waals surface area contributed by atoms with Crippen LogP contribution in [0.4, 0.5) is 0 Å². The van der Waals surface area contributed by atoms with Crippen LogP contribution in [0, 0.1) is 0 Å². The van der Waals surface area contributed by atoms with E-state index in [0.717, 1.165) is 16.3 Å². The Morgan fingerprint density at radius 2 is 2.06 bits per heavy atom. The molecule has 0 heterocycles. The minimum atomic E-state index is 0.529. The second-order valence-corrected chi connectivity index (χ2v) is 3.66. The predicted octanol–water partition coefficient (Wildman–Crippen LogP) is 4.50. The van der Waals surface area contributed by atoms with Gasteiger partial charge in [0, 0.05) is 5.02 Å². The van der Waals surface area contributed by atoms with E-state index in [0.29, 0.717) is 6.61 Å². The van der Waals surface area contributed by atoms with Gasteiger partial charge in [-0.15, -0.1) is 0 Å². The third-order valence-corrected chi connectivity index (χ3v) is 2.18. The third-order valence-electron chi connectivity index (χ3n) is 1.93. The Kier molecular flexibility index (Phi) is 5.44. The molecular weight excluding hydrogens is 220 g/mol. The zero-order chi connectivity index (χ0) is 11.8. The molecule has 1 nitrogen and oxygen atoms in total. The molecule has 0 saturated heterocycles. The van der Waals surface area contributed by atoms with Crippen LogP contribution in [0.25, 0.3) is 0 Å². The third kappa shape index (κ3) is 4.37. The van der Waals surface area contributed by atoms with E-state index >= 15 is 0 Å². The normalized spacial score (nSPS) is 11.8. The quantitative estimate of drug-likeness (QED) is 0.538. The van der Waals surface area contributed by atoms with Crippen molar-refractivity contribution in [1.29, 1.82) is 0 Å². The molecule has 1 aromatic rings. The van der Waals surface area contributed by atoms with Crippen LogP contribution >= 0.6 is 11.6 Å². The van der Waals surface area contributed by atoms with Gasteiger partial charge in [0.25, 0.3) is 0 Å². The maximum atomic E-state index is 5.80. The molecule has 0 saturated carbocycles. The highest BCUT2D eigenvalue weighted by molar-refractivity contribution is 6.30. The molecule has 0 amide bonds. The summed E-state index contributed by atoms with van der Waals surface area (Å²) in [6, 6.07) is 7.60. The van der Waals surface area contributed by atoms with E-state index in [4.69, 9.17) is 16.3 Å². The van der Waals surface area contributed by atoms with Crippen molar-refractivity contribution in [3.8, 4) is 0 Å². The minimum Gasteiger partial charge on any atom is -0.489 e. The molecule has 0 aliphatic rings. The van der Waals surface area contributed by atoms with Gasteiger partial charge in [-0.3, -0.25) is 0 Å². The van der Waals surface area contributed by atoms with Crippen molar-refractivity contribution in [3.05, 3.63) is 71.5 Å². The fourth-order valence-corrected chi connectivity index (χ4v) is 1.31. The molecule has 0 aromatic heterocycles. The number of hydrogen-bond acceptors (Lipinski definition) is 1. The summed E-state index contributed by atoms with van der Waals surface area (Å²) in [4.78, 5) is 0. The van der Waals surface area contributed by atoms with Crippen molar-refractivity contribution in [1.82, 2.24) is 0 Å². The number of allylic oxidation sites excluding steroid dienone is 4. The molecule has 0 bridgehead atoms. The van der Waals surface area contributed by atoms with Gasteiger partial charge in [-0.1, -0.05) is 42.5 Å². The number of rotatable bonds is 5. The second kappa shape index (κ2) is 6.91. The highest BCUT2D eigenvalue weighted by atomic mass is 35.5. The molecule has 0 aliphatic heterocycles. The van der Waals surface area contributed by atoms with Gasteiger partial charge >= 0.3 is 0 Å². The van der Waals surface area contributed by atoms with Gasteiger partial charge in [0.2, 0.25) is 0 Å². The molecule has 0 unspecified atom stereocenters. The Morgan fingerprint density at radius 1 is 1.38 bits per heavy atom. The van der Waals surface area contributed by atoms with Crippen LogP contribution < -0.4 is 0 Å². The molecule has 0 fully saturated rings. The SMILES string of the molecule is C=C/C=C(\C=C/C)OCc1ccc(Cl)cc1. The Labute approximate surface area is 102 Å². The smallest absolute Gasteiger partial charge is 0.119 e. The van der Waals surface area contributed by atoms with Gasteiger partial charge in [0.1, 0.15) is 12.4 Å². The number of hydrogen-bond donors (Lipinski definition) is 0. The maximum absolute atomic E-state index is 5.80. The molecule has 0 radical (unpaired) electrons. The van der Waals surface area contributed by atoms with Gasteiger partial charge in [-0.05, 0) is 36.8 Å². The summed E-state index contributed by atoms with van der Waals surface area (Å²) in [6.45, 7) is 6.12.